The van der Waals surface area contributed by atoms with Crippen LogP contribution in [-0.2, 0) is 14.3 Å². The van der Waals surface area contributed by atoms with E-state index in [0.717, 1.165) is 39.0 Å². The highest BCUT2D eigenvalue weighted by Crippen LogP contribution is 2.43. The molecule has 2 heterocycles. The second kappa shape index (κ2) is 5.59. The van der Waals surface area contributed by atoms with Gasteiger partial charge >= 0.3 is 0 Å². The van der Waals surface area contributed by atoms with E-state index >= 15 is 0 Å². The Morgan fingerprint density at radius 3 is 2.57 bits per heavy atom. The average Bonchev–Trinajstić information content (AvgIpc) is 3.16. The molecular weight excluding hydrogens is 268 g/mol. The highest BCUT2D eigenvalue weighted by atomic mass is 16.5. The van der Waals surface area contributed by atoms with Crippen molar-refractivity contribution in [2.75, 3.05) is 39.9 Å². The first kappa shape index (κ1) is 14.8. The Balaban J connectivity index is 1.67. The Bertz CT molecular complexity index is 435. The summed E-state index contributed by atoms with van der Waals surface area (Å²) in [4.78, 5) is 28.0. The smallest absolute Gasteiger partial charge is 0.222 e. The standard InChI is InChI=1S/C16H26N2O3/c1-12(19)18-9-14-8-17(15(20)7-13-3-4-13)6-5-16(14,10-18)11-21-2/h13-14H,3-11H2,1-2H3. The van der Waals surface area contributed by atoms with Gasteiger partial charge in [-0.25, -0.2) is 0 Å². The van der Waals surface area contributed by atoms with Crippen LogP contribution < -0.4 is 0 Å². The van der Waals surface area contributed by atoms with E-state index in [1.54, 1.807) is 14.0 Å². The molecule has 21 heavy (non-hydrogen) atoms. The van der Waals surface area contributed by atoms with Gasteiger partial charge < -0.3 is 14.5 Å². The fraction of sp³-hybridized carbons (Fsp3) is 0.875. The van der Waals surface area contributed by atoms with Crippen LogP contribution in [0, 0.1) is 17.3 Å². The van der Waals surface area contributed by atoms with E-state index in [1.165, 1.54) is 12.8 Å². The van der Waals surface area contributed by atoms with Crippen LogP contribution in [0.5, 0.6) is 0 Å². The first-order valence-electron chi connectivity index (χ1n) is 8.06. The van der Waals surface area contributed by atoms with Gasteiger partial charge in [0.1, 0.15) is 0 Å². The van der Waals surface area contributed by atoms with Crippen molar-refractivity contribution in [3.05, 3.63) is 0 Å². The fourth-order valence-corrected chi connectivity index (χ4v) is 3.97. The molecule has 0 radical (unpaired) electrons. The van der Waals surface area contributed by atoms with E-state index in [4.69, 9.17) is 4.74 Å². The van der Waals surface area contributed by atoms with E-state index in [2.05, 4.69) is 0 Å². The predicted octanol–water partition coefficient (Wildman–Crippen LogP) is 1.13. The van der Waals surface area contributed by atoms with Gasteiger partial charge in [-0.15, -0.1) is 0 Å². The quantitative estimate of drug-likeness (QED) is 0.781. The Morgan fingerprint density at radius 2 is 1.95 bits per heavy atom. The van der Waals surface area contributed by atoms with Crippen LogP contribution in [0.2, 0.25) is 0 Å². The van der Waals surface area contributed by atoms with Crippen molar-refractivity contribution in [3.8, 4) is 0 Å². The lowest BCUT2D eigenvalue weighted by atomic mass is 9.73. The van der Waals surface area contributed by atoms with Crippen LogP contribution in [0.25, 0.3) is 0 Å². The highest BCUT2D eigenvalue weighted by Gasteiger charge is 2.50. The maximum Gasteiger partial charge on any atom is 0.222 e. The second-order valence-corrected chi connectivity index (χ2v) is 7.13. The number of likely N-dealkylation sites (tertiary alicyclic amines) is 2. The van der Waals surface area contributed by atoms with Crippen LogP contribution in [0.4, 0.5) is 0 Å². The molecule has 3 aliphatic rings. The number of ether oxygens (including phenoxy) is 1. The minimum atomic E-state index is 0.0524. The zero-order valence-corrected chi connectivity index (χ0v) is 13.1. The van der Waals surface area contributed by atoms with Crippen LogP contribution in [-0.4, -0.2) is 61.5 Å². The molecule has 1 saturated carbocycles. The van der Waals surface area contributed by atoms with Gasteiger partial charge in [-0.2, -0.15) is 0 Å². The van der Waals surface area contributed by atoms with Gasteiger partial charge in [-0.05, 0) is 25.2 Å². The molecule has 5 nitrogen and oxygen atoms in total. The van der Waals surface area contributed by atoms with E-state index < -0.39 is 0 Å². The normalized spacial score (nSPS) is 32.2. The number of amides is 2. The van der Waals surface area contributed by atoms with Gasteiger partial charge in [0.25, 0.3) is 0 Å². The number of rotatable bonds is 4. The van der Waals surface area contributed by atoms with Gasteiger partial charge in [0.2, 0.25) is 11.8 Å². The van der Waals surface area contributed by atoms with Crippen LogP contribution >= 0.6 is 0 Å². The lowest BCUT2D eigenvalue weighted by molar-refractivity contribution is -0.136. The van der Waals surface area contributed by atoms with E-state index in [0.29, 0.717) is 24.3 Å². The predicted molar refractivity (Wildman–Crippen MR) is 78.6 cm³/mol. The molecule has 1 aliphatic carbocycles. The lowest BCUT2D eigenvalue weighted by Gasteiger charge is -2.43. The summed E-state index contributed by atoms with van der Waals surface area (Å²) in [7, 11) is 1.73. The Hall–Kier alpha value is -1.10. The molecule has 2 aliphatic heterocycles. The van der Waals surface area contributed by atoms with Gasteiger partial charge in [-0.1, -0.05) is 0 Å². The average molecular weight is 294 g/mol. The summed E-state index contributed by atoms with van der Waals surface area (Å²) in [6.45, 7) is 5.48. The maximum atomic E-state index is 12.3. The SMILES string of the molecule is COCC12CCN(C(=O)CC3CC3)CC1CN(C(C)=O)C2. The lowest BCUT2D eigenvalue weighted by Crippen LogP contribution is -2.50. The van der Waals surface area contributed by atoms with Crippen molar-refractivity contribution in [2.24, 2.45) is 17.3 Å². The third kappa shape index (κ3) is 2.93. The molecule has 2 amide bonds. The molecule has 3 fully saturated rings. The number of carbonyl (C=O) groups is 2. The fourth-order valence-electron chi connectivity index (χ4n) is 3.97. The Kier molecular flexibility index (Phi) is 3.95. The maximum absolute atomic E-state index is 12.3. The molecule has 2 saturated heterocycles. The second-order valence-electron chi connectivity index (χ2n) is 7.13. The minimum absolute atomic E-state index is 0.0524. The number of fused-ring (bicyclic) bond motifs is 1. The molecule has 0 spiro atoms. The number of carbonyl (C=O) groups excluding carboxylic acids is 2. The number of hydrogen-bond donors (Lipinski definition) is 0. The van der Waals surface area contributed by atoms with Crippen molar-refractivity contribution < 1.29 is 14.3 Å². The summed E-state index contributed by atoms with van der Waals surface area (Å²) in [5.74, 6) is 1.44. The van der Waals surface area contributed by atoms with E-state index in [9.17, 15) is 9.59 Å². The first-order valence-corrected chi connectivity index (χ1v) is 8.06. The molecule has 0 N–H and O–H groups in total. The molecular formula is C16H26N2O3. The topological polar surface area (TPSA) is 49.9 Å². The van der Waals surface area contributed by atoms with Gasteiger partial charge in [-0.3, -0.25) is 9.59 Å². The molecule has 0 aromatic heterocycles. The molecule has 2 unspecified atom stereocenters. The van der Waals surface area contributed by atoms with Crippen molar-refractivity contribution >= 4 is 11.8 Å². The molecule has 0 aromatic carbocycles. The molecule has 118 valence electrons. The van der Waals surface area contributed by atoms with Crippen molar-refractivity contribution in [2.45, 2.75) is 32.6 Å². The largest absolute Gasteiger partial charge is 0.384 e. The monoisotopic (exact) mass is 294 g/mol. The van der Waals surface area contributed by atoms with Crippen LogP contribution in [0.3, 0.4) is 0 Å². The van der Waals surface area contributed by atoms with Gasteiger partial charge in [0.15, 0.2) is 0 Å². The zero-order chi connectivity index (χ0) is 15.0. The van der Waals surface area contributed by atoms with Gasteiger partial charge in [0.05, 0.1) is 6.61 Å². The van der Waals surface area contributed by atoms with Gasteiger partial charge in [0, 0.05) is 58.0 Å². The van der Waals surface area contributed by atoms with Crippen molar-refractivity contribution in [1.82, 2.24) is 9.80 Å². The van der Waals surface area contributed by atoms with Crippen LogP contribution in [0.15, 0.2) is 0 Å². The molecule has 2 atom stereocenters. The highest BCUT2D eigenvalue weighted by molar-refractivity contribution is 5.77. The number of piperidine rings is 1. The molecule has 5 heteroatoms. The zero-order valence-electron chi connectivity index (χ0n) is 13.1. The van der Waals surface area contributed by atoms with E-state index in [1.807, 2.05) is 9.80 Å². The summed E-state index contributed by atoms with van der Waals surface area (Å²) in [5.41, 5.74) is 0.0524. The molecule has 3 rings (SSSR count). The van der Waals surface area contributed by atoms with E-state index in [-0.39, 0.29) is 11.3 Å². The van der Waals surface area contributed by atoms with Crippen LogP contribution in [0.1, 0.15) is 32.6 Å². The molecule has 0 aromatic rings. The first-order chi connectivity index (χ1) is 10.0. The summed E-state index contributed by atoms with van der Waals surface area (Å²) in [6.07, 6.45) is 4.11. The van der Waals surface area contributed by atoms with Crippen molar-refractivity contribution in [3.63, 3.8) is 0 Å². The summed E-state index contributed by atoms with van der Waals surface area (Å²) in [6, 6.07) is 0. The van der Waals surface area contributed by atoms with Crippen molar-refractivity contribution in [1.29, 1.82) is 0 Å². The third-order valence-corrected chi connectivity index (χ3v) is 5.52. The summed E-state index contributed by atoms with van der Waals surface area (Å²) < 4.78 is 5.44. The number of hydrogen-bond acceptors (Lipinski definition) is 3. The Labute approximate surface area is 126 Å². The minimum Gasteiger partial charge on any atom is -0.384 e. The Morgan fingerprint density at radius 1 is 1.24 bits per heavy atom. The summed E-state index contributed by atoms with van der Waals surface area (Å²) in [5, 5.41) is 0. The third-order valence-electron chi connectivity index (χ3n) is 5.52. The molecule has 0 bridgehead atoms. The number of nitrogens with zero attached hydrogens (tertiary/aromatic N) is 2. The number of methoxy groups -OCH3 is 1. The summed E-state index contributed by atoms with van der Waals surface area (Å²) >= 11 is 0.